The molecule has 0 atom stereocenters. The molecule has 160 valence electrons. The normalized spacial score (nSPS) is 11.6. The summed E-state index contributed by atoms with van der Waals surface area (Å²) in [5, 5.41) is 4.04. The topological polar surface area (TPSA) is 64.0 Å². The maximum absolute atomic E-state index is 13.6. The average Bonchev–Trinajstić information content (AvgIpc) is 3.02. The SMILES string of the molecule is Cc1nn(C)c2nc(Oc3ccc(CNNc4ccccc4)cc3)cc(C(F)(F)F)c12. The number of nitrogens with one attached hydrogen (secondary N) is 2. The number of rotatable bonds is 6. The Hall–Kier alpha value is -3.59. The van der Waals surface area contributed by atoms with Crippen molar-refractivity contribution in [2.75, 3.05) is 5.43 Å². The van der Waals surface area contributed by atoms with E-state index < -0.39 is 11.7 Å². The third-order valence-corrected chi connectivity index (χ3v) is 4.70. The number of fused-ring (bicyclic) bond motifs is 1. The number of halogens is 3. The van der Waals surface area contributed by atoms with Gasteiger partial charge in [-0.15, -0.1) is 0 Å². The summed E-state index contributed by atoms with van der Waals surface area (Å²) in [6.45, 7) is 2.07. The molecule has 0 amide bonds. The zero-order valence-corrected chi connectivity index (χ0v) is 16.9. The predicted octanol–water partition coefficient (Wildman–Crippen LogP) is 5.20. The second-order valence-corrected chi connectivity index (χ2v) is 7.00. The van der Waals surface area contributed by atoms with Gasteiger partial charge in [-0.3, -0.25) is 4.68 Å². The van der Waals surface area contributed by atoms with Crippen LogP contribution in [0.4, 0.5) is 18.9 Å². The Balaban J connectivity index is 1.49. The molecule has 0 aliphatic rings. The van der Waals surface area contributed by atoms with Crippen LogP contribution in [0.2, 0.25) is 0 Å². The Labute approximate surface area is 176 Å². The van der Waals surface area contributed by atoms with Crippen molar-refractivity contribution < 1.29 is 17.9 Å². The monoisotopic (exact) mass is 427 g/mol. The number of benzene rings is 2. The van der Waals surface area contributed by atoms with Gasteiger partial charge in [0.05, 0.1) is 16.6 Å². The van der Waals surface area contributed by atoms with Gasteiger partial charge in [0.15, 0.2) is 5.65 Å². The third kappa shape index (κ3) is 4.61. The molecule has 0 saturated heterocycles. The lowest BCUT2D eigenvalue weighted by atomic mass is 10.1. The summed E-state index contributed by atoms with van der Waals surface area (Å²) in [6, 6.07) is 17.6. The molecule has 0 radical (unpaired) electrons. The Morgan fingerprint density at radius 1 is 1.03 bits per heavy atom. The Kier molecular flexibility index (Phi) is 5.51. The summed E-state index contributed by atoms with van der Waals surface area (Å²) >= 11 is 0. The molecule has 6 nitrogen and oxygen atoms in total. The van der Waals surface area contributed by atoms with Gasteiger partial charge in [0, 0.05) is 25.3 Å². The lowest BCUT2D eigenvalue weighted by Crippen LogP contribution is -2.20. The third-order valence-electron chi connectivity index (χ3n) is 4.70. The highest BCUT2D eigenvalue weighted by atomic mass is 19.4. The molecule has 9 heteroatoms. The molecule has 2 heterocycles. The molecule has 2 aromatic heterocycles. The highest BCUT2D eigenvalue weighted by molar-refractivity contribution is 5.83. The van der Waals surface area contributed by atoms with E-state index in [2.05, 4.69) is 20.9 Å². The number of hydrogen-bond acceptors (Lipinski definition) is 5. The van der Waals surface area contributed by atoms with Crippen LogP contribution in [0, 0.1) is 6.92 Å². The van der Waals surface area contributed by atoms with E-state index in [9.17, 15) is 13.2 Å². The van der Waals surface area contributed by atoms with Crippen molar-refractivity contribution in [3.8, 4) is 11.6 Å². The summed E-state index contributed by atoms with van der Waals surface area (Å²) in [4.78, 5) is 4.23. The summed E-state index contributed by atoms with van der Waals surface area (Å²) < 4.78 is 47.7. The first kappa shape index (κ1) is 20.7. The first-order valence-electron chi connectivity index (χ1n) is 9.53. The van der Waals surface area contributed by atoms with Gasteiger partial charge in [-0.05, 0) is 36.8 Å². The molecule has 0 aliphatic carbocycles. The number of pyridine rings is 1. The lowest BCUT2D eigenvalue weighted by molar-refractivity contribution is -0.136. The van der Waals surface area contributed by atoms with E-state index in [-0.39, 0.29) is 22.6 Å². The summed E-state index contributed by atoms with van der Waals surface area (Å²) in [5.41, 5.74) is 7.67. The number of nitrogens with zero attached hydrogens (tertiary/aromatic N) is 3. The number of hydrazine groups is 1. The van der Waals surface area contributed by atoms with Gasteiger partial charge in [0.2, 0.25) is 5.88 Å². The van der Waals surface area contributed by atoms with Crippen LogP contribution in [-0.4, -0.2) is 14.8 Å². The van der Waals surface area contributed by atoms with Gasteiger partial charge in [-0.25, -0.2) is 5.43 Å². The quantitative estimate of drug-likeness (QED) is 0.414. The van der Waals surface area contributed by atoms with Gasteiger partial charge in [0.1, 0.15) is 5.75 Å². The van der Waals surface area contributed by atoms with Crippen LogP contribution in [0.5, 0.6) is 11.6 Å². The van der Waals surface area contributed by atoms with Crippen LogP contribution in [0.25, 0.3) is 11.0 Å². The molecular formula is C22H20F3N5O. The number of hydrogen-bond donors (Lipinski definition) is 2. The minimum Gasteiger partial charge on any atom is -0.439 e. The minimum absolute atomic E-state index is 0.0188. The molecule has 0 bridgehead atoms. The fourth-order valence-corrected chi connectivity index (χ4v) is 3.26. The van der Waals surface area contributed by atoms with E-state index in [0.717, 1.165) is 17.3 Å². The fourth-order valence-electron chi connectivity index (χ4n) is 3.26. The van der Waals surface area contributed by atoms with Crippen molar-refractivity contribution in [3.05, 3.63) is 77.5 Å². The fraction of sp³-hybridized carbons (Fsp3) is 0.182. The van der Waals surface area contributed by atoms with Gasteiger partial charge in [-0.2, -0.15) is 23.3 Å². The predicted molar refractivity (Wildman–Crippen MR) is 112 cm³/mol. The Morgan fingerprint density at radius 3 is 2.42 bits per heavy atom. The molecule has 0 unspecified atom stereocenters. The van der Waals surface area contributed by atoms with E-state index in [4.69, 9.17) is 4.74 Å². The van der Waals surface area contributed by atoms with Crippen LogP contribution in [0.1, 0.15) is 16.8 Å². The molecule has 0 fully saturated rings. The van der Waals surface area contributed by atoms with Crippen molar-refractivity contribution in [1.29, 1.82) is 0 Å². The number of ether oxygens (including phenoxy) is 1. The molecule has 31 heavy (non-hydrogen) atoms. The largest absolute Gasteiger partial charge is 0.439 e. The smallest absolute Gasteiger partial charge is 0.417 e. The van der Waals surface area contributed by atoms with E-state index in [1.54, 1.807) is 19.2 Å². The zero-order chi connectivity index (χ0) is 22.0. The highest BCUT2D eigenvalue weighted by Gasteiger charge is 2.35. The minimum atomic E-state index is -4.55. The summed E-state index contributed by atoms with van der Waals surface area (Å²) in [7, 11) is 1.55. The van der Waals surface area contributed by atoms with E-state index >= 15 is 0 Å². The van der Waals surface area contributed by atoms with Crippen LogP contribution < -0.4 is 15.6 Å². The second kappa shape index (κ2) is 8.27. The molecule has 2 aromatic carbocycles. The Morgan fingerprint density at radius 2 is 1.74 bits per heavy atom. The number of aromatic nitrogens is 3. The van der Waals surface area contributed by atoms with Crippen LogP contribution >= 0.6 is 0 Å². The van der Waals surface area contributed by atoms with Crippen molar-refractivity contribution >= 4 is 16.7 Å². The molecule has 4 aromatic rings. The van der Waals surface area contributed by atoms with Gasteiger partial charge in [0.25, 0.3) is 0 Å². The maximum Gasteiger partial charge on any atom is 0.417 e. The van der Waals surface area contributed by atoms with Crippen molar-refractivity contribution in [2.24, 2.45) is 7.05 Å². The van der Waals surface area contributed by atoms with Crippen LogP contribution in [0.15, 0.2) is 60.7 Å². The Bertz CT molecular complexity index is 1190. The van der Waals surface area contributed by atoms with Crippen molar-refractivity contribution in [1.82, 2.24) is 20.2 Å². The highest BCUT2D eigenvalue weighted by Crippen LogP contribution is 2.38. The van der Waals surface area contributed by atoms with Crippen molar-refractivity contribution in [2.45, 2.75) is 19.6 Å². The number of alkyl halides is 3. The molecule has 0 saturated carbocycles. The standard InChI is InChI=1S/C22H20F3N5O/c1-14-20-18(22(23,24)25)12-19(27-21(20)30(2)29-14)31-17-10-8-15(9-11-17)13-26-28-16-6-4-3-5-7-16/h3-12,26,28H,13H2,1-2H3. The first-order chi connectivity index (χ1) is 14.8. The van der Waals surface area contributed by atoms with Gasteiger partial charge >= 0.3 is 6.18 Å². The van der Waals surface area contributed by atoms with Gasteiger partial charge < -0.3 is 10.2 Å². The summed E-state index contributed by atoms with van der Waals surface area (Å²) in [5.74, 6) is 0.248. The zero-order valence-electron chi connectivity index (χ0n) is 16.9. The van der Waals surface area contributed by atoms with E-state index in [0.29, 0.717) is 12.3 Å². The number of para-hydroxylation sites is 1. The molecule has 2 N–H and O–H groups in total. The molecular weight excluding hydrogens is 407 g/mol. The lowest BCUT2D eigenvalue weighted by Gasteiger charge is -2.12. The van der Waals surface area contributed by atoms with Crippen LogP contribution in [0.3, 0.4) is 0 Å². The second-order valence-electron chi connectivity index (χ2n) is 7.00. The molecule has 0 aliphatic heterocycles. The number of anilines is 1. The van der Waals surface area contributed by atoms with E-state index in [1.807, 2.05) is 42.5 Å². The first-order valence-corrected chi connectivity index (χ1v) is 9.53. The number of aryl methyl sites for hydroxylation is 2. The van der Waals surface area contributed by atoms with E-state index in [1.165, 1.54) is 11.6 Å². The average molecular weight is 427 g/mol. The summed E-state index contributed by atoms with van der Waals surface area (Å²) in [6.07, 6.45) is -4.55. The molecule has 4 rings (SSSR count). The molecule has 0 spiro atoms. The van der Waals surface area contributed by atoms with Crippen LogP contribution in [-0.2, 0) is 19.8 Å². The van der Waals surface area contributed by atoms with Gasteiger partial charge in [-0.1, -0.05) is 30.3 Å². The van der Waals surface area contributed by atoms with Crippen molar-refractivity contribution in [3.63, 3.8) is 0 Å². The maximum atomic E-state index is 13.6.